The van der Waals surface area contributed by atoms with Crippen LogP contribution in [0, 0.1) is 0 Å². The summed E-state index contributed by atoms with van der Waals surface area (Å²) in [5.74, 6) is -1.51. The normalized spacial score (nSPS) is 13.3. The zero-order valence-corrected chi connectivity index (χ0v) is 9.59. The van der Waals surface area contributed by atoms with Crippen molar-refractivity contribution in [2.45, 2.75) is 24.4 Å². The Labute approximate surface area is 108 Å². The van der Waals surface area contributed by atoms with E-state index in [0.717, 1.165) is 18.2 Å². The van der Waals surface area contributed by atoms with Gasteiger partial charge in [-0.25, -0.2) is 4.79 Å². The van der Waals surface area contributed by atoms with E-state index in [1.54, 1.807) is 0 Å². The van der Waals surface area contributed by atoms with E-state index in [1.807, 2.05) is 0 Å². The van der Waals surface area contributed by atoms with Crippen molar-refractivity contribution >= 4 is 5.97 Å². The van der Waals surface area contributed by atoms with Crippen LogP contribution >= 0.6 is 0 Å². The Hall–Kier alpha value is -1.77. The van der Waals surface area contributed by atoms with E-state index in [4.69, 9.17) is 10.2 Å². The number of aliphatic hydroxyl groups is 1. The second-order valence-corrected chi connectivity index (χ2v) is 4.04. The van der Waals surface area contributed by atoms with Crippen LogP contribution in [-0.4, -0.2) is 34.1 Å². The third-order valence-electron chi connectivity index (χ3n) is 2.57. The molecule has 20 heavy (non-hydrogen) atoms. The van der Waals surface area contributed by atoms with Gasteiger partial charge in [-0.1, -0.05) is 12.1 Å². The molecule has 112 valence electrons. The van der Waals surface area contributed by atoms with Crippen molar-refractivity contribution in [3.05, 3.63) is 35.4 Å². The van der Waals surface area contributed by atoms with Crippen LogP contribution in [0.1, 0.15) is 15.9 Å². The van der Waals surface area contributed by atoms with E-state index in [2.05, 4.69) is 0 Å². The number of carbonyl (C=O) groups is 1. The van der Waals surface area contributed by atoms with Gasteiger partial charge in [-0.2, -0.15) is 26.3 Å². The molecule has 0 fully saturated rings. The fraction of sp³-hybridized carbons (Fsp3) is 0.364. The van der Waals surface area contributed by atoms with E-state index in [9.17, 15) is 31.1 Å². The summed E-state index contributed by atoms with van der Waals surface area (Å²) in [5, 5.41) is 17.6. The Balaban J connectivity index is 3.22. The van der Waals surface area contributed by atoms with Crippen LogP contribution in [0.25, 0.3) is 0 Å². The lowest BCUT2D eigenvalue weighted by Crippen LogP contribution is -2.58. The molecule has 0 saturated carbocycles. The number of hydrogen-bond donors (Lipinski definition) is 2. The van der Waals surface area contributed by atoms with Gasteiger partial charge in [0.15, 0.2) is 0 Å². The Morgan fingerprint density at radius 2 is 1.55 bits per heavy atom. The molecule has 0 aliphatic carbocycles. The van der Waals surface area contributed by atoms with Crippen molar-refractivity contribution < 1.29 is 41.4 Å². The van der Waals surface area contributed by atoms with Crippen LogP contribution in [0.4, 0.5) is 26.3 Å². The highest BCUT2D eigenvalue weighted by atomic mass is 19.4. The van der Waals surface area contributed by atoms with Crippen molar-refractivity contribution in [1.82, 2.24) is 0 Å². The largest absolute Gasteiger partial charge is 0.478 e. The maximum atomic E-state index is 12.5. The third kappa shape index (κ3) is 3.03. The van der Waals surface area contributed by atoms with Crippen LogP contribution in [0.15, 0.2) is 24.3 Å². The van der Waals surface area contributed by atoms with Crippen LogP contribution in [0.5, 0.6) is 0 Å². The van der Waals surface area contributed by atoms with Gasteiger partial charge >= 0.3 is 18.3 Å². The number of carboxylic acid groups (broad SMARTS) is 1. The number of alkyl halides is 6. The molecule has 0 spiro atoms. The molecule has 1 aromatic rings. The molecule has 1 aromatic carbocycles. The molecule has 0 radical (unpaired) electrons. The van der Waals surface area contributed by atoms with Crippen molar-refractivity contribution in [3.63, 3.8) is 0 Å². The van der Waals surface area contributed by atoms with Gasteiger partial charge in [-0.15, -0.1) is 0 Å². The van der Waals surface area contributed by atoms with Crippen LogP contribution < -0.4 is 0 Å². The maximum Gasteiger partial charge on any atom is 0.426 e. The molecule has 0 aliphatic heterocycles. The summed E-state index contributed by atoms with van der Waals surface area (Å²) >= 11 is 0. The second kappa shape index (κ2) is 4.97. The highest BCUT2D eigenvalue weighted by Crippen LogP contribution is 2.45. The molecule has 0 aromatic heterocycles. The minimum atomic E-state index is -5.94. The zero-order chi connectivity index (χ0) is 15.8. The predicted molar refractivity (Wildman–Crippen MR) is 54.2 cm³/mol. The molecule has 0 atom stereocenters. The highest BCUT2D eigenvalue weighted by molar-refractivity contribution is 5.87. The number of benzene rings is 1. The van der Waals surface area contributed by atoms with Crippen molar-refractivity contribution in [2.24, 2.45) is 0 Å². The average Bonchev–Trinajstić information content (AvgIpc) is 2.26. The minimum Gasteiger partial charge on any atom is -0.478 e. The van der Waals surface area contributed by atoms with Crippen molar-refractivity contribution in [3.8, 4) is 0 Å². The van der Waals surface area contributed by atoms with Crippen LogP contribution in [0.2, 0.25) is 0 Å². The summed E-state index contributed by atoms with van der Waals surface area (Å²) < 4.78 is 74.8. The minimum absolute atomic E-state index is 0.478. The summed E-state index contributed by atoms with van der Waals surface area (Å²) in [6.07, 6.45) is -13.7. The first-order valence-electron chi connectivity index (χ1n) is 5.06. The van der Waals surface area contributed by atoms with Gasteiger partial charge in [-0.05, 0) is 17.7 Å². The standard InChI is InChI=1S/C11H8F6O3/c12-10(13,14)9(20,11(15,16)17)5-6-2-1-3-7(4-6)8(18)19/h1-4,20H,5H2,(H,18,19). The lowest BCUT2D eigenvalue weighted by molar-refractivity contribution is -0.367. The summed E-state index contributed by atoms with van der Waals surface area (Å²) in [6, 6.07) is 3.51. The Morgan fingerprint density at radius 3 is 1.95 bits per heavy atom. The number of hydrogen-bond acceptors (Lipinski definition) is 2. The quantitative estimate of drug-likeness (QED) is 0.844. The van der Waals surface area contributed by atoms with E-state index < -0.39 is 41.5 Å². The van der Waals surface area contributed by atoms with Gasteiger partial charge < -0.3 is 10.2 Å². The van der Waals surface area contributed by atoms with Gasteiger partial charge in [-0.3, -0.25) is 0 Å². The van der Waals surface area contributed by atoms with Gasteiger partial charge in [0.2, 0.25) is 0 Å². The average molecular weight is 302 g/mol. The number of halogens is 6. The highest BCUT2D eigenvalue weighted by Gasteiger charge is 2.70. The molecule has 0 unspecified atom stereocenters. The summed E-state index contributed by atoms with van der Waals surface area (Å²) in [7, 11) is 0. The molecular weight excluding hydrogens is 294 g/mol. The molecule has 0 aliphatic rings. The smallest absolute Gasteiger partial charge is 0.426 e. The molecule has 1 rings (SSSR count). The van der Waals surface area contributed by atoms with E-state index in [0.29, 0.717) is 6.07 Å². The van der Waals surface area contributed by atoms with Crippen molar-refractivity contribution in [2.75, 3.05) is 0 Å². The lowest BCUT2D eigenvalue weighted by atomic mass is 9.92. The van der Waals surface area contributed by atoms with Gasteiger partial charge in [0.05, 0.1) is 5.56 Å². The molecule has 0 amide bonds. The Kier molecular flexibility index (Phi) is 4.04. The predicted octanol–water partition coefficient (Wildman–Crippen LogP) is 2.78. The second-order valence-electron chi connectivity index (χ2n) is 4.04. The molecule has 9 heteroatoms. The first-order valence-corrected chi connectivity index (χ1v) is 5.06. The Morgan fingerprint density at radius 1 is 1.05 bits per heavy atom. The van der Waals surface area contributed by atoms with Gasteiger partial charge in [0.25, 0.3) is 5.60 Å². The van der Waals surface area contributed by atoms with Crippen LogP contribution in [-0.2, 0) is 6.42 Å². The third-order valence-corrected chi connectivity index (χ3v) is 2.57. The van der Waals surface area contributed by atoms with Gasteiger partial charge in [0.1, 0.15) is 0 Å². The lowest BCUT2D eigenvalue weighted by Gasteiger charge is -2.32. The summed E-state index contributed by atoms with van der Waals surface area (Å²) in [4.78, 5) is 10.6. The van der Waals surface area contributed by atoms with Crippen molar-refractivity contribution in [1.29, 1.82) is 0 Å². The number of aromatic carboxylic acids is 1. The van der Waals surface area contributed by atoms with Crippen LogP contribution in [0.3, 0.4) is 0 Å². The monoisotopic (exact) mass is 302 g/mol. The fourth-order valence-electron chi connectivity index (χ4n) is 1.47. The Bertz CT molecular complexity index is 492. The summed E-state index contributed by atoms with van der Waals surface area (Å²) in [5.41, 5.74) is -6.01. The molecular formula is C11H8F6O3. The summed E-state index contributed by atoms with van der Waals surface area (Å²) in [6.45, 7) is 0. The van der Waals surface area contributed by atoms with E-state index in [-0.39, 0.29) is 0 Å². The molecule has 3 nitrogen and oxygen atoms in total. The fourth-order valence-corrected chi connectivity index (χ4v) is 1.47. The maximum absolute atomic E-state index is 12.5. The molecule has 0 bridgehead atoms. The molecule has 0 saturated heterocycles. The first-order chi connectivity index (χ1) is 8.88. The van der Waals surface area contributed by atoms with Gasteiger partial charge in [0, 0.05) is 6.42 Å². The molecule has 0 heterocycles. The zero-order valence-electron chi connectivity index (χ0n) is 9.59. The SMILES string of the molecule is O=C(O)c1cccc(CC(O)(C(F)(F)F)C(F)(F)F)c1. The molecule has 2 N–H and O–H groups in total. The first kappa shape index (κ1) is 16.3. The van der Waals surface area contributed by atoms with E-state index in [1.165, 1.54) is 0 Å². The topological polar surface area (TPSA) is 57.5 Å². The number of carboxylic acids is 1. The number of rotatable bonds is 3. The van der Waals surface area contributed by atoms with E-state index >= 15 is 0 Å².